The molecule has 4 nitrogen and oxygen atoms in total. The van der Waals surface area contributed by atoms with Crippen molar-refractivity contribution >= 4 is 0 Å². The monoisotopic (exact) mass is 277 g/mol. The van der Waals surface area contributed by atoms with Crippen LogP contribution in [0.25, 0.3) is 0 Å². The molecular formula is C16H27N3O. The molecule has 1 fully saturated rings. The fourth-order valence-corrected chi connectivity index (χ4v) is 2.81. The molecule has 20 heavy (non-hydrogen) atoms. The minimum absolute atomic E-state index is 0.0121. The third-order valence-corrected chi connectivity index (χ3v) is 4.15. The Morgan fingerprint density at radius 3 is 2.45 bits per heavy atom. The van der Waals surface area contributed by atoms with E-state index < -0.39 is 0 Å². The van der Waals surface area contributed by atoms with Gasteiger partial charge >= 0.3 is 0 Å². The summed E-state index contributed by atoms with van der Waals surface area (Å²) in [6.45, 7) is 10.9. The highest BCUT2D eigenvalue weighted by molar-refractivity contribution is 5.39. The number of aryl methyl sites for hydroxylation is 1. The van der Waals surface area contributed by atoms with Gasteiger partial charge in [-0.15, -0.1) is 0 Å². The molecule has 4 heteroatoms. The molecule has 1 saturated heterocycles. The van der Waals surface area contributed by atoms with Gasteiger partial charge in [0.25, 0.3) is 0 Å². The summed E-state index contributed by atoms with van der Waals surface area (Å²) < 4.78 is 5.44. The lowest BCUT2D eigenvalue weighted by Gasteiger charge is -2.35. The highest BCUT2D eigenvalue weighted by atomic mass is 16.5. The minimum Gasteiger partial charge on any atom is -0.496 e. The molecule has 1 aromatic rings. The van der Waals surface area contributed by atoms with Crippen LogP contribution in [0.5, 0.6) is 5.75 Å². The summed E-state index contributed by atoms with van der Waals surface area (Å²) in [5.41, 5.74) is 8.75. The van der Waals surface area contributed by atoms with Gasteiger partial charge in [0.2, 0.25) is 0 Å². The number of likely N-dealkylation sites (N-methyl/N-ethyl adjacent to an activating group) is 1. The lowest BCUT2D eigenvalue weighted by molar-refractivity contribution is 0.131. The van der Waals surface area contributed by atoms with E-state index in [0.29, 0.717) is 0 Å². The number of nitrogens with zero attached hydrogens (tertiary/aromatic N) is 2. The standard InChI is InChI=1S/C16H27N3O/c1-4-18-7-9-19(10-8-18)12-15(17)14-11-13(2)5-6-16(14)20-3/h5-6,11,15H,4,7-10,12,17H2,1-3H3. The van der Waals surface area contributed by atoms with Crippen LogP contribution < -0.4 is 10.5 Å². The average Bonchev–Trinajstić information content (AvgIpc) is 2.48. The molecule has 0 amide bonds. The molecular weight excluding hydrogens is 250 g/mol. The fraction of sp³-hybridized carbons (Fsp3) is 0.625. The van der Waals surface area contributed by atoms with E-state index in [0.717, 1.165) is 50.6 Å². The zero-order valence-electron chi connectivity index (χ0n) is 12.9. The summed E-state index contributed by atoms with van der Waals surface area (Å²) in [5, 5.41) is 0. The Hall–Kier alpha value is -1.10. The Balaban J connectivity index is 1.98. The second-order valence-corrected chi connectivity index (χ2v) is 5.59. The van der Waals surface area contributed by atoms with Crippen LogP contribution in [0.3, 0.4) is 0 Å². The van der Waals surface area contributed by atoms with Crippen molar-refractivity contribution in [3.63, 3.8) is 0 Å². The molecule has 2 N–H and O–H groups in total. The summed E-state index contributed by atoms with van der Waals surface area (Å²) in [6.07, 6.45) is 0. The SMILES string of the molecule is CCN1CCN(CC(N)c2cc(C)ccc2OC)CC1. The molecule has 1 aliphatic rings. The maximum atomic E-state index is 6.40. The number of hydrogen-bond acceptors (Lipinski definition) is 4. The summed E-state index contributed by atoms with van der Waals surface area (Å²) in [5.74, 6) is 0.898. The van der Waals surface area contributed by atoms with Gasteiger partial charge in [-0.2, -0.15) is 0 Å². The van der Waals surface area contributed by atoms with Crippen LogP contribution in [0.2, 0.25) is 0 Å². The predicted molar refractivity (Wildman–Crippen MR) is 83.2 cm³/mol. The number of methoxy groups -OCH3 is 1. The second-order valence-electron chi connectivity index (χ2n) is 5.59. The molecule has 0 radical (unpaired) electrons. The van der Waals surface area contributed by atoms with Gasteiger partial charge in [-0.3, -0.25) is 4.90 Å². The smallest absolute Gasteiger partial charge is 0.123 e. The van der Waals surface area contributed by atoms with E-state index in [2.05, 4.69) is 35.8 Å². The van der Waals surface area contributed by atoms with E-state index in [1.54, 1.807) is 7.11 Å². The van der Waals surface area contributed by atoms with Gasteiger partial charge in [-0.25, -0.2) is 0 Å². The van der Waals surface area contributed by atoms with Crippen LogP contribution in [-0.2, 0) is 0 Å². The van der Waals surface area contributed by atoms with Crippen LogP contribution in [0.1, 0.15) is 24.1 Å². The lowest BCUT2D eigenvalue weighted by Crippen LogP contribution is -2.48. The lowest BCUT2D eigenvalue weighted by atomic mass is 10.0. The second kappa shape index (κ2) is 7.07. The van der Waals surface area contributed by atoms with Crippen molar-refractivity contribution in [3.05, 3.63) is 29.3 Å². The third kappa shape index (κ3) is 3.72. The molecule has 0 saturated carbocycles. The summed E-state index contributed by atoms with van der Waals surface area (Å²) in [4.78, 5) is 4.94. The fourth-order valence-electron chi connectivity index (χ4n) is 2.81. The molecule has 0 spiro atoms. The number of rotatable bonds is 5. The summed E-state index contributed by atoms with van der Waals surface area (Å²) in [7, 11) is 1.71. The first kappa shape index (κ1) is 15.3. The Bertz CT molecular complexity index is 428. The highest BCUT2D eigenvalue weighted by Gasteiger charge is 2.20. The van der Waals surface area contributed by atoms with Gasteiger partial charge in [-0.1, -0.05) is 24.6 Å². The molecule has 2 rings (SSSR count). The van der Waals surface area contributed by atoms with Crippen molar-refractivity contribution in [2.75, 3.05) is 46.4 Å². The van der Waals surface area contributed by atoms with Crippen LogP contribution >= 0.6 is 0 Å². The zero-order chi connectivity index (χ0) is 14.5. The molecule has 0 bridgehead atoms. The minimum atomic E-state index is 0.0121. The topological polar surface area (TPSA) is 41.7 Å². The molecule has 1 aromatic carbocycles. The van der Waals surface area contributed by atoms with E-state index >= 15 is 0 Å². The van der Waals surface area contributed by atoms with Crippen molar-refractivity contribution in [1.82, 2.24) is 9.80 Å². The van der Waals surface area contributed by atoms with Crippen molar-refractivity contribution in [2.24, 2.45) is 5.73 Å². The van der Waals surface area contributed by atoms with Crippen LogP contribution in [0.4, 0.5) is 0 Å². The first-order valence-electron chi connectivity index (χ1n) is 7.49. The molecule has 0 aliphatic carbocycles. The number of ether oxygens (including phenoxy) is 1. The quantitative estimate of drug-likeness (QED) is 0.888. The van der Waals surface area contributed by atoms with Crippen molar-refractivity contribution in [3.8, 4) is 5.75 Å². The Morgan fingerprint density at radius 1 is 1.20 bits per heavy atom. The van der Waals surface area contributed by atoms with Gasteiger partial charge in [0, 0.05) is 44.3 Å². The van der Waals surface area contributed by atoms with Gasteiger partial charge in [0.15, 0.2) is 0 Å². The van der Waals surface area contributed by atoms with Crippen molar-refractivity contribution < 1.29 is 4.74 Å². The molecule has 1 aliphatic heterocycles. The molecule has 1 unspecified atom stereocenters. The Kier molecular flexibility index (Phi) is 5.40. The van der Waals surface area contributed by atoms with E-state index in [1.165, 1.54) is 5.56 Å². The predicted octanol–water partition coefficient (Wildman–Crippen LogP) is 1.64. The average molecular weight is 277 g/mol. The maximum absolute atomic E-state index is 6.40. The maximum Gasteiger partial charge on any atom is 0.123 e. The number of hydrogen-bond donors (Lipinski definition) is 1. The Labute approximate surface area is 122 Å². The van der Waals surface area contributed by atoms with Gasteiger partial charge in [-0.05, 0) is 19.5 Å². The number of nitrogens with two attached hydrogens (primary N) is 1. The van der Waals surface area contributed by atoms with Gasteiger partial charge in [0.1, 0.15) is 5.75 Å². The molecule has 112 valence electrons. The number of benzene rings is 1. The van der Waals surface area contributed by atoms with E-state index in [-0.39, 0.29) is 6.04 Å². The van der Waals surface area contributed by atoms with Crippen molar-refractivity contribution in [1.29, 1.82) is 0 Å². The normalized spacial score (nSPS) is 19.0. The summed E-state index contributed by atoms with van der Waals surface area (Å²) >= 11 is 0. The molecule has 1 heterocycles. The number of piperazine rings is 1. The molecule has 0 aromatic heterocycles. The van der Waals surface area contributed by atoms with Crippen molar-refractivity contribution in [2.45, 2.75) is 19.9 Å². The third-order valence-electron chi connectivity index (χ3n) is 4.15. The first-order valence-corrected chi connectivity index (χ1v) is 7.49. The highest BCUT2D eigenvalue weighted by Crippen LogP contribution is 2.25. The zero-order valence-corrected chi connectivity index (χ0v) is 12.9. The summed E-state index contributed by atoms with van der Waals surface area (Å²) in [6, 6.07) is 6.23. The Morgan fingerprint density at radius 2 is 1.85 bits per heavy atom. The largest absolute Gasteiger partial charge is 0.496 e. The van der Waals surface area contributed by atoms with E-state index in [9.17, 15) is 0 Å². The van der Waals surface area contributed by atoms with Crippen LogP contribution in [0.15, 0.2) is 18.2 Å². The first-order chi connectivity index (χ1) is 9.63. The van der Waals surface area contributed by atoms with Crippen LogP contribution in [0, 0.1) is 6.92 Å². The van der Waals surface area contributed by atoms with E-state index in [1.807, 2.05) is 6.07 Å². The van der Waals surface area contributed by atoms with Gasteiger partial charge < -0.3 is 15.4 Å². The van der Waals surface area contributed by atoms with Gasteiger partial charge in [0.05, 0.1) is 7.11 Å². The molecule has 1 atom stereocenters. The van der Waals surface area contributed by atoms with Crippen LogP contribution in [-0.4, -0.2) is 56.2 Å². The van der Waals surface area contributed by atoms with E-state index in [4.69, 9.17) is 10.5 Å².